The van der Waals surface area contributed by atoms with Crippen molar-refractivity contribution in [3.05, 3.63) is 30.4 Å². The van der Waals surface area contributed by atoms with E-state index < -0.39 is 0 Å². The molecule has 116 valence electrons. The molecule has 2 amide bonds. The van der Waals surface area contributed by atoms with E-state index in [9.17, 15) is 4.79 Å². The molecule has 0 aliphatic carbocycles. The number of aromatic nitrogens is 3. The van der Waals surface area contributed by atoms with Gasteiger partial charge in [0.05, 0.1) is 5.92 Å². The van der Waals surface area contributed by atoms with Crippen LogP contribution in [0.3, 0.4) is 0 Å². The highest BCUT2D eigenvalue weighted by molar-refractivity contribution is 5.74. The van der Waals surface area contributed by atoms with Gasteiger partial charge in [-0.25, -0.2) is 4.79 Å². The third-order valence-electron chi connectivity index (χ3n) is 3.80. The Kier molecular flexibility index (Phi) is 4.04. The quantitative estimate of drug-likeness (QED) is 0.848. The summed E-state index contributed by atoms with van der Waals surface area (Å²) in [5.74, 6) is 1.26. The molecule has 0 saturated carbocycles. The average molecular weight is 301 g/mol. The highest BCUT2D eigenvalue weighted by Crippen LogP contribution is 2.27. The van der Waals surface area contributed by atoms with Crippen LogP contribution in [0.2, 0.25) is 0 Å². The molecule has 22 heavy (non-hydrogen) atoms. The van der Waals surface area contributed by atoms with E-state index in [2.05, 4.69) is 15.1 Å². The van der Waals surface area contributed by atoms with Crippen LogP contribution in [0.15, 0.2) is 29.0 Å². The third kappa shape index (κ3) is 2.93. The van der Waals surface area contributed by atoms with Gasteiger partial charge in [0.1, 0.15) is 0 Å². The van der Waals surface area contributed by atoms with Gasteiger partial charge in [0.15, 0.2) is 0 Å². The maximum Gasteiger partial charge on any atom is 0.319 e. The minimum absolute atomic E-state index is 0.0265. The molecule has 0 aromatic carbocycles. The Morgan fingerprint density at radius 1 is 1.36 bits per heavy atom. The molecule has 0 radical (unpaired) electrons. The number of nitrogens with zero attached hydrogens (tertiary/aromatic N) is 5. The largest absolute Gasteiger partial charge is 0.339 e. The number of likely N-dealkylation sites (tertiary alicyclic amines) is 1. The van der Waals surface area contributed by atoms with Crippen LogP contribution >= 0.6 is 0 Å². The van der Waals surface area contributed by atoms with Crippen molar-refractivity contribution in [2.24, 2.45) is 0 Å². The lowest BCUT2D eigenvalue weighted by Crippen LogP contribution is -2.44. The number of pyridine rings is 1. The fourth-order valence-electron chi connectivity index (χ4n) is 2.65. The molecular weight excluding hydrogens is 282 g/mol. The van der Waals surface area contributed by atoms with Gasteiger partial charge in [0.25, 0.3) is 0 Å². The lowest BCUT2D eigenvalue weighted by molar-refractivity contribution is 0.149. The summed E-state index contributed by atoms with van der Waals surface area (Å²) in [7, 11) is 3.53. The van der Waals surface area contributed by atoms with E-state index in [-0.39, 0.29) is 11.9 Å². The zero-order valence-corrected chi connectivity index (χ0v) is 12.8. The predicted octanol–water partition coefficient (Wildman–Crippen LogP) is 1.99. The molecule has 2 aromatic rings. The average Bonchev–Trinajstić information content (AvgIpc) is 3.05. The molecule has 1 aliphatic heterocycles. The normalized spacial score (nSPS) is 18.3. The molecular formula is C15H19N5O2. The molecule has 1 saturated heterocycles. The van der Waals surface area contributed by atoms with Crippen LogP contribution in [0.5, 0.6) is 0 Å². The smallest absolute Gasteiger partial charge is 0.319 e. The van der Waals surface area contributed by atoms with Crippen molar-refractivity contribution in [3.63, 3.8) is 0 Å². The van der Waals surface area contributed by atoms with Crippen molar-refractivity contribution in [3.8, 4) is 11.4 Å². The van der Waals surface area contributed by atoms with Crippen LogP contribution in [-0.2, 0) is 0 Å². The predicted molar refractivity (Wildman–Crippen MR) is 80.2 cm³/mol. The zero-order chi connectivity index (χ0) is 15.5. The van der Waals surface area contributed by atoms with Gasteiger partial charge in [0, 0.05) is 45.1 Å². The molecule has 0 spiro atoms. The Balaban J connectivity index is 1.74. The molecule has 1 aliphatic rings. The molecule has 3 heterocycles. The maximum atomic E-state index is 12.1. The number of carbonyl (C=O) groups is 1. The highest BCUT2D eigenvalue weighted by Gasteiger charge is 2.29. The molecule has 3 rings (SSSR count). The fraction of sp³-hybridized carbons (Fsp3) is 0.467. The van der Waals surface area contributed by atoms with Gasteiger partial charge in [-0.2, -0.15) is 4.98 Å². The summed E-state index contributed by atoms with van der Waals surface area (Å²) >= 11 is 0. The number of hydrogen-bond donors (Lipinski definition) is 0. The first-order valence-corrected chi connectivity index (χ1v) is 7.35. The molecule has 7 nitrogen and oxygen atoms in total. The Morgan fingerprint density at radius 3 is 2.86 bits per heavy atom. The number of hydrogen-bond acceptors (Lipinski definition) is 5. The minimum Gasteiger partial charge on any atom is -0.339 e. The first kappa shape index (κ1) is 14.5. The second-order valence-corrected chi connectivity index (χ2v) is 5.65. The van der Waals surface area contributed by atoms with Gasteiger partial charge in [-0.15, -0.1) is 0 Å². The first-order chi connectivity index (χ1) is 10.6. The maximum absolute atomic E-state index is 12.1. The fourth-order valence-corrected chi connectivity index (χ4v) is 2.65. The van der Waals surface area contributed by atoms with Crippen molar-refractivity contribution >= 4 is 6.03 Å². The third-order valence-corrected chi connectivity index (χ3v) is 3.80. The molecule has 0 unspecified atom stereocenters. The molecule has 1 fully saturated rings. The van der Waals surface area contributed by atoms with E-state index in [0.717, 1.165) is 24.9 Å². The monoisotopic (exact) mass is 301 g/mol. The Morgan fingerprint density at radius 2 is 2.14 bits per heavy atom. The van der Waals surface area contributed by atoms with E-state index in [4.69, 9.17) is 4.52 Å². The lowest BCUT2D eigenvalue weighted by Gasteiger charge is -2.32. The van der Waals surface area contributed by atoms with Crippen LogP contribution < -0.4 is 0 Å². The Bertz CT molecular complexity index is 640. The van der Waals surface area contributed by atoms with Gasteiger partial charge in [-0.1, -0.05) is 5.16 Å². The van der Waals surface area contributed by atoms with Crippen molar-refractivity contribution in [1.82, 2.24) is 24.9 Å². The zero-order valence-electron chi connectivity index (χ0n) is 12.8. The summed E-state index contributed by atoms with van der Waals surface area (Å²) in [4.78, 5) is 24.0. The summed E-state index contributed by atoms with van der Waals surface area (Å²) in [6, 6.07) is 3.72. The van der Waals surface area contributed by atoms with Crippen molar-refractivity contribution in [1.29, 1.82) is 0 Å². The van der Waals surface area contributed by atoms with E-state index >= 15 is 0 Å². The van der Waals surface area contributed by atoms with Crippen LogP contribution in [0, 0.1) is 0 Å². The molecule has 0 bridgehead atoms. The van der Waals surface area contributed by atoms with Crippen molar-refractivity contribution in [2.75, 3.05) is 27.2 Å². The summed E-state index contributed by atoms with van der Waals surface area (Å²) in [5.41, 5.74) is 0.877. The molecule has 7 heteroatoms. The van der Waals surface area contributed by atoms with E-state index in [1.54, 1.807) is 31.4 Å². The first-order valence-electron chi connectivity index (χ1n) is 7.35. The summed E-state index contributed by atoms with van der Waals surface area (Å²) in [6.07, 6.45) is 5.29. The Labute approximate surface area is 128 Å². The van der Waals surface area contributed by atoms with Crippen molar-refractivity contribution in [2.45, 2.75) is 18.8 Å². The Hall–Kier alpha value is -2.44. The number of piperidine rings is 1. The summed E-state index contributed by atoms with van der Waals surface area (Å²) < 4.78 is 5.41. The van der Waals surface area contributed by atoms with Crippen LogP contribution in [0.1, 0.15) is 24.7 Å². The van der Waals surface area contributed by atoms with Crippen LogP contribution in [-0.4, -0.2) is 58.1 Å². The number of urea groups is 1. The minimum atomic E-state index is 0.0265. The number of carbonyl (C=O) groups excluding carboxylic acids is 1. The topological polar surface area (TPSA) is 75.4 Å². The summed E-state index contributed by atoms with van der Waals surface area (Å²) in [6.45, 7) is 1.40. The SMILES string of the molecule is CN(C)C(=O)N1CCC[C@H](c2nc(-c3ccncc3)no2)C1. The number of amides is 2. The van der Waals surface area contributed by atoms with Gasteiger partial charge in [-0.3, -0.25) is 4.98 Å². The van der Waals surface area contributed by atoms with Gasteiger partial charge >= 0.3 is 6.03 Å². The highest BCUT2D eigenvalue weighted by atomic mass is 16.5. The molecule has 1 atom stereocenters. The van der Waals surface area contributed by atoms with E-state index in [1.807, 2.05) is 17.0 Å². The number of rotatable bonds is 2. The second-order valence-electron chi connectivity index (χ2n) is 5.65. The van der Waals surface area contributed by atoms with Gasteiger partial charge in [-0.05, 0) is 25.0 Å². The second kappa shape index (κ2) is 6.13. The van der Waals surface area contributed by atoms with Crippen molar-refractivity contribution < 1.29 is 9.32 Å². The molecule has 0 N–H and O–H groups in total. The van der Waals surface area contributed by atoms with E-state index in [1.165, 1.54) is 0 Å². The standard InChI is InChI=1S/C15H19N5O2/c1-19(2)15(21)20-9-3-4-12(10-20)14-17-13(18-22-14)11-5-7-16-8-6-11/h5-8,12H,3-4,9-10H2,1-2H3/t12-/m0/s1. The van der Waals surface area contributed by atoms with Gasteiger partial charge < -0.3 is 14.3 Å². The van der Waals surface area contributed by atoms with Gasteiger partial charge in [0.2, 0.25) is 11.7 Å². The van der Waals surface area contributed by atoms with Crippen LogP contribution in [0.4, 0.5) is 4.79 Å². The molecule has 2 aromatic heterocycles. The van der Waals surface area contributed by atoms with Crippen LogP contribution in [0.25, 0.3) is 11.4 Å². The summed E-state index contributed by atoms with van der Waals surface area (Å²) in [5, 5.41) is 4.04. The lowest BCUT2D eigenvalue weighted by atomic mass is 9.98. The van der Waals surface area contributed by atoms with E-state index in [0.29, 0.717) is 18.3 Å².